The first kappa shape index (κ1) is 15.0. The third-order valence-electron chi connectivity index (χ3n) is 3.60. The van der Waals surface area contributed by atoms with Gasteiger partial charge in [0.1, 0.15) is 0 Å². The van der Waals surface area contributed by atoms with Crippen LogP contribution in [0.5, 0.6) is 0 Å². The van der Waals surface area contributed by atoms with E-state index < -0.39 is 9.04 Å². The van der Waals surface area contributed by atoms with Crippen molar-refractivity contribution < 1.29 is 4.43 Å². The number of benzene rings is 2. The first-order valence-electron chi connectivity index (χ1n) is 7.60. The van der Waals surface area contributed by atoms with Gasteiger partial charge in [0.15, 0.2) is 0 Å². The van der Waals surface area contributed by atoms with Crippen molar-refractivity contribution in [3.05, 3.63) is 60.7 Å². The normalized spacial score (nSPS) is 12.6. The lowest BCUT2D eigenvalue weighted by Gasteiger charge is -2.24. The van der Waals surface area contributed by atoms with Gasteiger partial charge in [-0.1, -0.05) is 80.9 Å². The molecule has 0 aliphatic heterocycles. The van der Waals surface area contributed by atoms with E-state index in [4.69, 9.17) is 4.43 Å². The molecule has 2 rings (SSSR count). The minimum absolute atomic E-state index is 0.386. The monoisotopic (exact) mass is 284 g/mol. The van der Waals surface area contributed by atoms with Crippen molar-refractivity contribution in [2.24, 2.45) is 0 Å². The predicted molar refractivity (Wildman–Crippen MR) is 89.4 cm³/mol. The summed E-state index contributed by atoms with van der Waals surface area (Å²) in [5.41, 5.74) is 0. The van der Waals surface area contributed by atoms with Crippen LogP contribution < -0.4 is 10.4 Å². The molecule has 0 unspecified atom stereocenters. The molecule has 0 fully saturated rings. The van der Waals surface area contributed by atoms with Crippen LogP contribution in [-0.2, 0) is 4.43 Å². The Bertz CT molecular complexity index is 444. The maximum Gasteiger partial charge on any atom is 0.240 e. The second kappa shape index (κ2) is 8.03. The van der Waals surface area contributed by atoms with Crippen LogP contribution in [0.15, 0.2) is 60.7 Å². The summed E-state index contributed by atoms with van der Waals surface area (Å²) < 4.78 is 6.55. The highest BCUT2D eigenvalue weighted by molar-refractivity contribution is 6.80. The summed E-state index contributed by atoms with van der Waals surface area (Å²) in [6.45, 7) is 4.45. The zero-order valence-electron chi connectivity index (χ0n) is 12.5. The number of hydrogen-bond acceptors (Lipinski definition) is 1. The van der Waals surface area contributed by atoms with Gasteiger partial charge in [-0.2, -0.15) is 0 Å². The van der Waals surface area contributed by atoms with Crippen LogP contribution in [-0.4, -0.2) is 15.1 Å². The molecule has 0 N–H and O–H groups in total. The highest BCUT2D eigenvalue weighted by Crippen LogP contribution is 2.08. The Morgan fingerprint density at radius 1 is 0.850 bits per heavy atom. The summed E-state index contributed by atoms with van der Waals surface area (Å²) in [7, 11) is -1.56. The van der Waals surface area contributed by atoms with E-state index in [1.807, 2.05) is 0 Å². The molecule has 0 amide bonds. The molecule has 0 aliphatic rings. The van der Waals surface area contributed by atoms with Crippen LogP contribution in [0.4, 0.5) is 0 Å². The van der Waals surface area contributed by atoms with Crippen LogP contribution in [0.25, 0.3) is 0 Å². The molecular weight excluding hydrogens is 260 g/mol. The summed E-state index contributed by atoms with van der Waals surface area (Å²) >= 11 is 0. The maximum absolute atomic E-state index is 6.55. The van der Waals surface area contributed by atoms with Gasteiger partial charge in [0.05, 0.1) is 0 Å². The topological polar surface area (TPSA) is 9.23 Å². The zero-order chi connectivity index (χ0) is 14.2. The van der Waals surface area contributed by atoms with Gasteiger partial charge in [0, 0.05) is 6.10 Å². The molecule has 0 bridgehead atoms. The summed E-state index contributed by atoms with van der Waals surface area (Å²) in [6, 6.07) is 21.4. The van der Waals surface area contributed by atoms with E-state index in [-0.39, 0.29) is 0 Å². The van der Waals surface area contributed by atoms with Crippen molar-refractivity contribution in [2.75, 3.05) is 0 Å². The molecule has 0 radical (unpaired) electrons. The highest BCUT2D eigenvalue weighted by atomic mass is 28.3. The Morgan fingerprint density at radius 3 is 1.75 bits per heavy atom. The molecule has 0 heterocycles. The van der Waals surface area contributed by atoms with Gasteiger partial charge in [-0.05, 0) is 23.2 Å². The van der Waals surface area contributed by atoms with E-state index in [9.17, 15) is 0 Å². The first-order valence-corrected chi connectivity index (χ1v) is 9.23. The summed E-state index contributed by atoms with van der Waals surface area (Å²) in [4.78, 5) is 0. The predicted octanol–water partition coefficient (Wildman–Crippen LogP) is 3.12. The maximum atomic E-state index is 6.55. The molecule has 2 aromatic carbocycles. The third-order valence-corrected chi connectivity index (χ3v) is 6.24. The van der Waals surface area contributed by atoms with E-state index in [0.717, 1.165) is 12.8 Å². The van der Waals surface area contributed by atoms with E-state index in [1.54, 1.807) is 0 Å². The van der Waals surface area contributed by atoms with Crippen LogP contribution >= 0.6 is 0 Å². The fraction of sp³-hybridized carbons (Fsp3) is 0.333. The van der Waals surface area contributed by atoms with Crippen LogP contribution in [0.3, 0.4) is 0 Å². The summed E-state index contributed by atoms with van der Waals surface area (Å²) in [5.74, 6) is 0. The second-order valence-electron chi connectivity index (χ2n) is 5.16. The standard InChI is InChI=1S/C18H24OSi/c1-3-11-16(4-2)19-20(17-12-7-5-8-13-17)18-14-9-6-10-15-18/h5-10,12-16,20H,3-4,11H2,1-2H3/t16-/m0/s1. The Labute approximate surface area is 124 Å². The molecule has 0 aliphatic carbocycles. The van der Waals surface area contributed by atoms with Crippen molar-refractivity contribution in [2.45, 2.75) is 39.2 Å². The molecule has 0 aromatic heterocycles. The second-order valence-corrected chi connectivity index (χ2v) is 7.52. The smallest absolute Gasteiger partial charge is 0.240 e. The fourth-order valence-corrected chi connectivity index (χ4v) is 5.04. The average molecular weight is 284 g/mol. The Hall–Kier alpha value is -1.38. The van der Waals surface area contributed by atoms with Crippen molar-refractivity contribution in [1.29, 1.82) is 0 Å². The van der Waals surface area contributed by atoms with Crippen LogP contribution in [0, 0.1) is 0 Å². The summed E-state index contributed by atoms with van der Waals surface area (Å²) in [5, 5.41) is 2.74. The van der Waals surface area contributed by atoms with E-state index >= 15 is 0 Å². The molecule has 0 spiro atoms. The third kappa shape index (κ3) is 4.05. The van der Waals surface area contributed by atoms with E-state index in [0.29, 0.717) is 6.10 Å². The SMILES string of the molecule is CCC[C@H](CC)O[SiH](c1ccccc1)c1ccccc1. The molecule has 0 saturated heterocycles. The molecule has 1 atom stereocenters. The molecule has 20 heavy (non-hydrogen) atoms. The quantitative estimate of drug-likeness (QED) is 0.710. The highest BCUT2D eigenvalue weighted by Gasteiger charge is 2.20. The van der Waals surface area contributed by atoms with Crippen molar-refractivity contribution >= 4 is 19.4 Å². The Balaban J connectivity index is 2.25. The molecular formula is C18H24OSi. The Morgan fingerprint density at radius 2 is 1.35 bits per heavy atom. The minimum Gasteiger partial charge on any atom is -0.408 e. The number of hydrogen-bond donors (Lipinski definition) is 0. The molecule has 0 saturated carbocycles. The van der Waals surface area contributed by atoms with Gasteiger partial charge in [-0.15, -0.1) is 0 Å². The van der Waals surface area contributed by atoms with Gasteiger partial charge in [-0.25, -0.2) is 0 Å². The van der Waals surface area contributed by atoms with Gasteiger partial charge >= 0.3 is 0 Å². The van der Waals surface area contributed by atoms with Crippen molar-refractivity contribution in [1.82, 2.24) is 0 Å². The molecule has 2 aromatic rings. The number of rotatable bonds is 7. The molecule has 1 nitrogen and oxygen atoms in total. The van der Waals surface area contributed by atoms with Gasteiger partial charge in [0.25, 0.3) is 0 Å². The molecule has 2 heteroatoms. The minimum atomic E-state index is -1.56. The average Bonchev–Trinajstić information content (AvgIpc) is 2.53. The zero-order valence-corrected chi connectivity index (χ0v) is 13.6. The van der Waals surface area contributed by atoms with Gasteiger partial charge < -0.3 is 4.43 Å². The molecule has 106 valence electrons. The Kier molecular flexibility index (Phi) is 6.03. The van der Waals surface area contributed by atoms with E-state index in [1.165, 1.54) is 16.8 Å². The lowest BCUT2D eigenvalue weighted by atomic mass is 10.2. The first-order chi connectivity index (χ1) is 9.85. The van der Waals surface area contributed by atoms with Crippen LogP contribution in [0.2, 0.25) is 0 Å². The van der Waals surface area contributed by atoms with Gasteiger partial charge in [0.2, 0.25) is 9.04 Å². The van der Waals surface area contributed by atoms with Gasteiger partial charge in [-0.3, -0.25) is 0 Å². The summed E-state index contributed by atoms with van der Waals surface area (Å²) in [6.07, 6.45) is 3.82. The van der Waals surface area contributed by atoms with Crippen molar-refractivity contribution in [3.63, 3.8) is 0 Å². The largest absolute Gasteiger partial charge is 0.408 e. The fourth-order valence-electron chi connectivity index (χ4n) is 2.49. The van der Waals surface area contributed by atoms with E-state index in [2.05, 4.69) is 74.5 Å². The van der Waals surface area contributed by atoms with Crippen molar-refractivity contribution in [3.8, 4) is 0 Å². The van der Waals surface area contributed by atoms with Crippen LogP contribution in [0.1, 0.15) is 33.1 Å². The lowest BCUT2D eigenvalue weighted by molar-refractivity contribution is 0.193. The lowest BCUT2D eigenvalue weighted by Crippen LogP contribution is -2.47.